The first-order chi connectivity index (χ1) is 12.5. The molecule has 0 aromatic heterocycles. The predicted octanol–water partition coefficient (Wildman–Crippen LogP) is 3.41. The second-order valence-corrected chi connectivity index (χ2v) is 5.88. The van der Waals surface area contributed by atoms with E-state index in [4.69, 9.17) is 16.3 Å². The van der Waals surface area contributed by atoms with Crippen LogP contribution < -0.4 is 15.0 Å². The van der Waals surface area contributed by atoms with Crippen LogP contribution in [-0.4, -0.2) is 24.5 Å². The summed E-state index contributed by atoms with van der Waals surface area (Å²) in [6, 6.07) is 12.4. The monoisotopic (exact) mass is 370 g/mol. The number of ether oxygens (including phenoxy) is 1. The second kappa shape index (κ2) is 7.41. The molecule has 0 bridgehead atoms. The van der Waals surface area contributed by atoms with Crippen molar-refractivity contribution in [3.8, 4) is 5.75 Å². The van der Waals surface area contributed by atoms with E-state index in [-0.39, 0.29) is 5.57 Å². The maximum atomic E-state index is 12.8. The van der Waals surface area contributed by atoms with Gasteiger partial charge in [-0.25, -0.2) is 9.69 Å². The third-order valence-electron chi connectivity index (χ3n) is 3.67. The molecule has 132 valence electrons. The largest absolute Gasteiger partial charge is 0.494 e. The first kappa shape index (κ1) is 17.7. The number of halogens is 1. The van der Waals surface area contributed by atoms with Crippen LogP contribution >= 0.6 is 11.6 Å². The van der Waals surface area contributed by atoms with Crippen LogP contribution in [0.25, 0.3) is 6.08 Å². The minimum atomic E-state index is -0.799. The van der Waals surface area contributed by atoms with Crippen LogP contribution in [0, 0.1) is 0 Å². The van der Waals surface area contributed by atoms with E-state index in [9.17, 15) is 14.4 Å². The van der Waals surface area contributed by atoms with Gasteiger partial charge >= 0.3 is 6.03 Å². The number of barbiturate groups is 1. The van der Waals surface area contributed by atoms with Crippen molar-refractivity contribution >= 4 is 41.2 Å². The van der Waals surface area contributed by atoms with Crippen molar-refractivity contribution in [2.24, 2.45) is 0 Å². The fourth-order valence-corrected chi connectivity index (χ4v) is 2.71. The number of amides is 4. The highest BCUT2D eigenvalue weighted by atomic mass is 35.5. The molecule has 2 aromatic carbocycles. The summed E-state index contributed by atoms with van der Waals surface area (Å²) in [7, 11) is 0. The molecule has 0 saturated carbocycles. The van der Waals surface area contributed by atoms with Gasteiger partial charge in [-0.15, -0.1) is 0 Å². The molecule has 1 saturated heterocycles. The van der Waals surface area contributed by atoms with Crippen LogP contribution in [0.15, 0.2) is 54.1 Å². The summed E-state index contributed by atoms with van der Waals surface area (Å²) in [5.74, 6) is -0.836. The molecular formula is C19H15ClN2O4. The lowest BCUT2D eigenvalue weighted by molar-refractivity contribution is -0.122. The standard InChI is InChI=1S/C19H15ClN2O4/c1-2-26-15-8-6-14(7-9-15)22-18(24)16(17(23)21-19(22)25)11-12-4-3-5-13(20)10-12/h3-11H,2H2,1H3,(H,21,23,25)/b16-11+. The third kappa shape index (κ3) is 3.60. The number of carbonyl (C=O) groups excluding carboxylic acids is 3. The number of benzene rings is 2. The van der Waals surface area contributed by atoms with Gasteiger partial charge in [-0.05, 0) is 55.0 Å². The third-order valence-corrected chi connectivity index (χ3v) is 3.90. The lowest BCUT2D eigenvalue weighted by atomic mass is 10.1. The smallest absolute Gasteiger partial charge is 0.335 e. The number of rotatable bonds is 4. The van der Waals surface area contributed by atoms with Crippen molar-refractivity contribution in [1.29, 1.82) is 0 Å². The van der Waals surface area contributed by atoms with Gasteiger partial charge in [0.1, 0.15) is 11.3 Å². The lowest BCUT2D eigenvalue weighted by Crippen LogP contribution is -2.54. The maximum Gasteiger partial charge on any atom is 0.335 e. The molecule has 1 aliphatic heterocycles. The molecule has 0 unspecified atom stereocenters. The SMILES string of the molecule is CCOc1ccc(N2C(=O)NC(=O)/C(=C\c3cccc(Cl)c3)C2=O)cc1. The summed E-state index contributed by atoms with van der Waals surface area (Å²) >= 11 is 5.93. The van der Waals surface area contributed by atoms with E-state index in [1.165, 1.54) is 6.08 Å². The summed E-state index contributed by atoms with van der Waals surface area (Å²) in [5.41, 5.74) is 0.762. The van der Waals surface area contributed by atoms with Crippen LogP contribution in [0.3, 0.4) is 0 Å². The van der Waals surface area contributed by atoms with Gasteiger partial charge in [-0.3, -0.25) is 14.9 Å². The van der Waals surface area contributed by atoms with Gasteiger partial charge in [-0.1, -0.05) is 23.7 Å². The Hall–Kier alpha value is -3.12. The molecule has 7 heteroatoms. The maximum absolute atomic E-state index is 12.8. The molecule has 0 radical (unpaired) electrons. The summed E-state index contributed by atoms with van der Waals surface area (Å²) in [5, 5.41) is 2.65. The highest BCUT2D eigenvalue weighted by Gasteiger charge is 2.36. The number of hydrogen-bond donors (Lipinski definition) is 1. The van der Waals surface area contributed by atoms with Gasteiger partial charge in [0.15, 0.2) is 0 Å². The molecule has 0 aliphatic carbocycles. The Bertz CT molecular complexity index is 906. The minimum absolute atomic E-state index is 0.152. The summed E-state index contributed by atoms with van der Waals surface area (Å²) in [4.78, 5) is 38.0. The number of carbonyl (C=O) groups is 3. The topological polar surface area (TPSA) is 75.7 Å². The van der Waals surface area contributed by atoms with Gasteiger partial charge in [-0.2, -0.15) is 0 Å². The normalized spacial score (nSPS) is 16.0. The van der Waals surface area contributed by atoms with E-state index in [1.54, 1.807) is 48.5 Å². The van der Waals surface area contributed by atoms with Gasteiger partial charge in [0.05, 0.1) is 12.3 Å². The molecule has 2 aromatic rings. The summed E-state index contributed by atoms with van der Waals surface area (Å²) in [6.45, 7) is 2.36. The van der Waals surface area contributed by atoms with Crippen LogP contribution in [0.2, 0.25) is 5.02 Å². The Morgan fingerprint density at radius 1 is 1.12 bits per heavy atom. The number of nitrogens with zero attached hydrogens (tertiary/aromatic N) is 1. The Morgan fingerprint density at radius 3 is 2.50 bits per heavy atom. The van der Waals surface area contributed by atoms with E-state index < -0.39 is 17.8 Å². The number of anilines is 1. The molecule has 4 amide bonds. The highest BCUT2D eigenvalue weighted by molar-refractivity contribution is 6.39. The van der Waals surface area contributed by atoms with Crippen molar-refractivity contribution in [1.82, 2.24) is 5.32 Å². The Balaban J connectivity index is 1.95. The molecule has 3 rings (SSSR count). The van der Waals surface area contributed by atoms with Crippen molar-refractivity contribution < 1.29 is 19.1 Å². The fraction of sp³-hybridized carbons (Fsp3) is 0.105. The number of urea groups is 1. The number of nitrogens with one attached hydrogen (secondary N) is 1. The number of hydrogen-bond acceptors (Lipinski definition) is 4. The van der Waals surface area contributed by atoms with Crippen LogP contribution in [0.4, 0.5) is 10.5 Å². The molecule has 6 nitrogen and oxygen atoms in total. The van der Waals surface area contributed by atoms with Gasteiger partial charge in [0.2, 0.25) is 0 Å². The zero-order valence-corrected chi connectivity index (χ0v) is 14.6. The minimum Gasteiger partial charge on any atom is -0.494 e. The predicted molar refractivity (Wildman–Crippen MR) is 98.1 cm³/mol. The second-order valence-electron chi connectivity index (χ2n) is 5.44. The molecule has 1 aliphatic rings. The van der Waals surface area contributed by atoms with Crippen LogP contribution in [-0.2, 0) is 9.59 Å². The van der Waals surface area contributed by atoms with E-state index in [2.05, 4.69) is 5.32 Å². The molecule has 1 fully saturated rings. The van der Waals surface area contributed by atoms with Crippen LogP contribution in [0.5, 0.6) is 5.75 Å². The van der Waals surface area contributed by atoms with E-state index >= 15 is 0 Å². The Morgan fingerprint density at radius 2 is 1.85 bits per heavy atom. The van der Waals surface area contributed by atoms with E-state index in [0.29, 0.717) is 28.6 Å². The highest BCUT2D eigenvalue weighted by Crippen LogP contribution is 2.24. The molecule has 26 heavy (non-hydrogen) atoms. The first-order valence-electron chi connectivity index (χ1n) is 7.89. The van der Waals surface area contributed by atoms with Gasteiger partial charge < -0.3 is 4.74 Å². The molecule has 0 atom stereocenters. The van der Waals surface area contributed by atoms with Crippen molar-refractivity contribution in [2.45, 2.75) is 6.92 Å². The quantitative estimate of drug-likeness (QED) is 0.661. The van der Waals surface area contributed by atoms with E-state index in [0.717, 1.165) is 4.90 Å². The molecular weight excluding hydrogens is 356 g/mol. The molecule has 1 heterocycles. The van der Waals surface area contributed by atoms with Crippen molar-refractivity contribution in [2.75, 3.05) is 11.5 Å². The molecule has 0 spiro atoms. The zero-order valence-electron chi connectivity index (χ0n) is 13.9. The fourth-order valence-electron chi connectivity index (χ4n) is 2.51. The lowest BCUT2D eigenvalue weighted by Gasteiger charge is -2.26. The average Bonchev–Trinajstić information content (AvgIpc) is 2.60. The van der Waals surface area contributed by atoms with Crippen molar-refractivity contribution in [3.05, 3.63) is 64.7 Å². The average molecular weight is 371 g/mol. The zero-order chi connectivity index (χ0) is 18.7. The van der Waals surface area contributed by atoms with Crippen molar-refractivity contribution in [3.63, 3.8) is 0 Å². The van der Waals surface area contributed by atoms with Crippen LogP contribution in [0.1, 0.15) is 12.5 Å². The van der Waals surface area contributed by atoms with Gasteiger partial charge in [0.25, 0.3) is 11.8 Å². The Kier molecular flexibility index (Phi) is 5.04. The van der Waals surface area contributed by atoms with E-state index in [1.807, 2.05) is 6.92 Å². The summed E-state index contributed by atoms with van der Waals surface area (Å²) in [6.07, 6.45) is 1.40. The number of imide groups is 2. The Labute approximate surface area is 155 Å². The first-order valence-corrected chi connectivity index (χ1v) is 8.27. The van der Waals surface area contributed by atoms with Gasteiger partial charge in [0, 0.05) is 5.02 Å². The molecule has 1 N–H and O–H groups in total. The summed E-state index contributed by atoms with van der Waals surface area (Å²) < 4.78 is 5.35.